The minimum atomic E-state index is 1.14. The largest absolute Gasteiger partial charge is 0.309 e. The number of thiophene rings is 2. The fraction of sp³-hybridized carbons (Fsp3) is 0. The summed E-state index contributed by atoms with van der Waals surface area (Å²) >= 11 is 3.76. The first kappa shape index (κ1) is 28.3. The maximum Gasteiger partial charge on any atom is 0.0640 e. The fourth-order valence-corrected chi connectivity index (χ4v) is 9.85. The Balaban J connectivity index is 1.19. The number of hydrogen-bond acceptors (Lipinski definition) is 3. The molecule has 230 valence electrons. The third-order valence-electron chi connectivity index (χ3n) is 9.68. The van der Waals surface area contributed by atoms with E-state index in [2.05, 4.69) is 181 Å². The van der Waals surface area contributed by atoms with Crippen molar-refractivity contribution in [1.29, 1.82) is 0 Å². The van der Waals surface area contributed by atoms with Gasteiger partial charge >= 0.3 is 0 Å². The normalized spacial score (nSPS) is 11.7. The van der Waals surface area contributed by atoms with Crippen molar-refractivity contribution in [2.45, 2.75) is 0 Å². The summed E-state index contributed by atoms with van der Waals surface area (Å²) in [6, 6.07) is 64.3. The van der Waals surface area contributed by atoms with E-state index in [1.807, 2.05) is 22.7 Å². The zero-order chi connectivity index (χ0) is 32.3. The molecule has 0 saturated carbocycles. The summed E-state index contributed by atoms with van der Waals surface area (Å²) in [7, 11) is 0. The van der Waals surface area contributed by atoms with E-state index in [1.54, 1.807) is 0 Å². The zero-order valence-corrected chi connectivity index (χ0v) is 28.1. The molecule has 2 heterocycles. The minimum Gasteiger partial charge on any atom is -0.309 e. The van der Waals surface area contributed by atoms with Gasteiger partial charge in [0.15, 0.2) is 0 Å². The quantitative estimate of drug-likeness (QED) is 0.178. The maximum absolute atomic E-state index is 2.45. The first-order valence-electron chi connectivity index (χ1n) is 16.6. The Morgan fingerprint density at radius 1 is 0.347 bits per heavy atom. The standard InChI is InChI=1S/C46H29NS2/c1-2-11-31(12-3-1)37-18-9-19-40-41-20-10-21-42(46(41)49-45(37)40)47(34-27-28-39-38-16-6-7-22-43(38)48-44(39)29-34)33-25-23-32(24-26-33)36-17-8-14-30-13-4-5-15-35(30)36/h1-29H. The van der Waals surface area contributed by atoms with Gasteiger partial charge in [-0.15, -0.1) is 22.7 Å². The van der Waals surface area contributed by atoms with Crippen molar-refractivity contribution in [3.8, 4) is 22.3 Å². The summed E-state index contributed by atoms with van der Waals surface area (Å²) < 4.78 is 5.23. The lowest BCUT2D eigenvalue weighted by molar-refractivity contribution is 1.31. The predicted octanol–water partition coefficient (Wildman–Crippen LogP) is 14.4. The van der Waals surface area contributed by atoms with Crippen LogP contribution in [0.5, 0.6) is 0 Å². The molecule has 0 saturated heterocycles. The number of anilines is 3. The Bertz CT molecular complexity index is 2820. The molecule has 0 amide bonds. The van der Waals surface area contributed by atoms with Gasteiger partial charge in [0, 0.05) is 47.0 Å². The van der Waals surface area contributed by atoms with Crippen LogP contribution in [0.25, 0.3) is 73.4 Å². The maximum atomic E-state index is 2.45. The van der Waals surface area contributed by atoms with E-state index in [-0.39, 0.29) is 0 Å². The number of rotatable bonds is 5. The number of benzene rings is 8. The van der Waals surface area contributed by atoms with E-state index in [9.17, 15) is 0 Å². The highest BCUT2D eigenvalue weighted by Gasteiger charge is 2.20. The van der Waals surface area contributed by atoms with Crippen molar-refractivity contribution in [2.24, 2.45) is 0 Å². The molecule has 0 fully saturated rings. The minimum absolute atomic E-state index is 1.14. The molecule has 1 nitrogen and oxygen atoms in total. The lowest BCUT2D eigenvalue weighted by Crippen LogP contribution is -2.10. The van der Waals surface area contributed by atoms with Crippen LogP contribution in [0.15, 0.2) is 176 Å². The Labute approximate surface area is 292 Å². The van der Waals surface area contributed by atoms with Crippen molar-refractivity contribution in [3.05, 3.63) is 176 Å². The molecule has 3 heteroatoms. The van der Waals surface area contributed by atoms with Crippen molar-refractivity contribution in [1.82, 2.24) is 0 Å². The molecule has 0 aliphatic carbocycles. The third-order valence-corrected chi connectivity index (χ3v) is 12.1. The Morgan fingerprint density at radius 2 is 0.959 bits per heavy atom. The molecule has 49 heavy (non-hydrogen) atoms. The molecule has 0 atom stereocenters. The Kier molecular flexibility index (Phi) is 6.61. The second kappa shape index (κ2) is 11.5. The molecule has 0 unspecified atom stereocenters. The van der Waals surface area contributed by atoms with Gasteiger partial charge < -0.3 is 4.90 Å². The third kappa shape index (κ3) is 4.66. The summed E-state index contributed by atoms with van der Waals surface area (Å²) in [5, 5.41) is 7.75. The number of hydrogen-bond donors (Lipinski definition) is 0. The van der Waals surface area contributed by atoms with Crippen LogP contribution in [0, 0.1) is 0 Å². The first-order chi connectivity index (χ1) is 24.3. The van der Waals surface area contributed by atoms with Gasteiger partial charge in [-0.3, -0.25) is 0 Å². The predicted molar refractivity (Wildman–Crippen MR) is 215 cm³/mol. The smallest absolute Gasteiger partial charge is 0.0640 e. The van der Waals surface area contributed by atoms with Gasteiger partial charge in [0.05, 0.1) is 10.4 Å². The van der Waals surface area contributed by atoms with Crippen molar-refractivity contribution in [3.63, 3.8) is 0 Å². The highest BCUT2D eigenvalue weighted by atomic mass is 32.1. The van der Waals surface area contributed by atoms with Gasteiger partial charge in [0.1, 0.15) is 0 Å². The van der Waals surface area contributed by atoms with Crippen LogP contribution in [0.3, 0.4) is 0 Å². The van der Waals surface area contributed by atoms with Crippen molar-refractivity contribution in [2.75, 3.05) is 4.90 Å². The molecule has 0 N–H and O–H groups in total. The summed E-state index contributed by atoms with van der Waals surface area (Å²) in [5.74, 6) is 0. The molecule has 2 aromatic heterocycles. The lowest BCUT2D eigenvalue weighted by atomic mass is 9.98. The van der Waals surface area contributed by atoms with Gasteiger partial charge in [-0.25, -0.2) is 0 Å². The molecule has 8 aromatic carbocycles. The summed E-state index contributed by atoms with van der Waals surface area (Å²) in [6.07, 6.45) is 0. The molecular formula is C46H29NS2. The Morgan fingerprint density at radius 3 is 1.84 bits per heavy atom. The fourth-order valence-electron chi connectivity index (χ4n) is 7.37. The van der Waals surface area contributed by atoms with E-state index < -0.39 is 0 Å². The van der Waals surface area contributed by atoms with Gasteiger partial charge in [0.2, 0.25) is 0 Å². The molecule has 0 radical (unpaired) electrons. The molecule has 10 rings (SSSR count). The molecule has 10 aromatic rings. The van der Waals surface area contributed by atoms with E-state index in [4.69, 9.17) is 0 Å². The van der Waals surface area contributed by atoms with Gasteiger partial charge in [0.25, 0.3) is 0 Å². The monoisotopic (exact) mass is 659 g/mol. The highest BCUT2D eigenvalue weighted by molar-refractivity contribution is 7.27. The highest BCUT2D eigenvalue weighted by Crippen LogP contribution is 2.48. The second-order valence-corrected chi connectivity index (χ2v) is 14.6. The van der Waals surface area contributed by atoms with E-state index in [0.29, 0.717) is 0 Å². The SMILES string of the molecule is c1ccc(-c2cccc3c2sc2c(N(c4ccc(-c5cccc6ccccc56)cc4)c4ccc5c(c4)sc4ccccc45)cccc23)cc1. The zero-order valence-electron chi connectivity index (χ0n) is 26.5. The summed E-state index contributed by atoms with van der Waals surface area (Å²) in [4.78, 5) is 2.45. The topological polar surface area (TPSA) is 3.24 Å². The van der Waals surface area contributed by atoms with E-state index in [1.165, 1.54) is 79.1 Å². The molecule has 0 spiro atoms. The van der Waals surface area contributed by atoms with Gasteiger partial charge in [-0.05, 0) is 69.4 Å². The lowest BCUT2D eigenvalue weighted by Gasteiger charge is -2.26. The van der Waals surface area contributed by atoms with Gasteiger partial charge in [-0.1, -0.05) is 140 Å². The van der Waals surface area contributed by atoms with Crippen molar-refractivity contribution >= 4 is 90.9 Å². The van der Waals surface area contributed by atoms with Crippen LogP contribution in [0.2, 0.25) is 0 Å². The van der Waals surface area contributed by atoms with Crippen LogP contribution >= 0.6 is 22.7 Å². The average Bonchev–Trinajstić information content (AvgIpc) is 3.74. The van der Waals surface area contributed by atoms with Crippen molar-refractivity contribution < 1.29 is 0 Å². The van der Waals surface area contributed by atoms with Crippen LogP contribution in [0.4, 0.5) is 17.1 Å². The molecule has 0 aliphatic heterocycles. The summed E-state index contributed by atoms with van der Waals surface area (Å²) in [6.45, 7) is 0. The Hall–Kier alpha value is -5.74. The number of nitrogens with zero attached hydrogens (tertiary/aromatic N) is 1. The molecular weight excluding hydrogens is 631 g/mol. The second-order valence-electron chi connectivity index (χ2n) is 12.5. The van der Waals surface area contributed by atoms with E-state index >= 15 is 0 Å². The van der Waals surface area contributed by atoms with Crippen LogP contribution in [-0.4, -0.2) is 0 Å². The summed E-state index contributed by atoms with van der Waals surface area (Å²) in [5.41, 5.74) is 8.48. The molecule has 0 bridgehead atoms. The van der Waals surface area contributed by atoms with Crippen LogP contribution in [0.1, 0.15) is 0 Å². The van der Waals surface area contributed by atoms with Crippen LogP contribution in [-0.2, 0) is 0 Å². The van der Waals surface area contributed by atoms with Gasteiger partial charge in [-0.2, -0.15) is 0 Å². The first-order valence-corrected chi connectivity index (χ1v) is 18.2. The number of fused-ring (bicyclic) bond motifs is 7. The van der Waals surface area contributed by atoms with Crippen LogP contribution < -0.4 is 4.90 Å². The molecule has 0 aliphatic rings. The average molecular weight is 660 g/mol. The van der Waals surface area contributed by atoms with E-state index in [0.717, 1.165) is 11.4 Å².